The smallest absolute Gasteiger partial charge is 0.239 e. The lowest BCUT2D eigenvalue weighted by molar-refractivity contribution is -0.136. The number of hydrogen-bond donors (Lipinski definition) is 2. The lowest BCUT2D eigenvalue weighted by Gasteiger charge is -2.33. The molecule has 0 bridgehead atoms. The van der Waals surface area contributed by atoms with Gasteiger partial charge in [-0.2, -0.15) is 0 Å². The van der Waals surface area contributed by atoms with Crippen LogP contribution >= 0.6 is 0 Å². The van der Waals surface area contributed by atoms with Crippen LogP contribution in [0.4, 0.5) is 0 Å². The van der Waals surface area contributed by atoms with Gasteiger partial charge < -0.3 is 24.5 Å². The minimum Gasteiger partial charge on any atom is -0.390 e. The Hall–Kier alpha value is -1.44. The van der Waals surface area contributed by atoms with E-state index in [9.17, 15) is 9.90 Å². The molecule has 0 spiro atoms. The molecule has 0 saturated carbocycles. The second kappa shape index (κ2) is 7.71. The topological polar surface area (TPSA) is 85.6 Å². The lowest BCUT2D eigenvalue weighted by atomic mass is 9.96. The van der Waals surface area contributed by atoms with E-state index >= 15 is 0 Å². The number of hydrogen-bond acceptors (Lipinski definition) is 5. The van der Waals surface area contributed by atoms with Crippen LogP contribution in [0.25, 0.3) is 0 Å². The van der Waals surface area contributed by atoms with E-state index in [2.05, 4.69) is 10.3 Å². The maximum Gasteiger partial charge on any atom is 0.239 e. The predicted octanol–water partition coefficient (Wildman–Crippen LogP) is 0.145. The van der Waals surface area contributed by atoms with Gasteiger partial charge in [-0.3, -0.25) is 4.79 Å². The first kappa shape index (κ1) is 16.9. The van der Waals surface area contributed by atoms with E-state index in [0.717, 1.165) is 5.82 Å². The molecular formula is C15H25N3O4. The zero-order valence-electron chi connectivity index (χ0n) is 13.4. The zero-order chi connectivity index (χ0) is 16.1. The molecule has 2 N–H and O–H groups in total. The molecule has 2 heterocycles. The molecule has 0 aliphatic carbocycles. The number of carbonyl (C=O) groups is 1. The van der Waals surface area contributed by atoms with Crippen LogP contribution in [-0.4, -0.2) is 59.6 Å². The summed E-state index contributed by atoms with van der Waals surface area (Å²) in [4.78, 5) is 16.3. The molecule has 22 heavy (non-hydrogen) atoms. The normalized spacial score (nSPS) is 25.4. The molecule has 1 aromatic heterocycles. The number of aliphatic hydroxyl groups is 1. The first-order chi connectivity index (χ1) is 10.5. The third kappa shape index (κ3) is 4.06. The highest BCUT2D eigenvalue weighted by molar-refractivity contribution is 5.75. The number of methoxy groups -OCH3 is 1. The van der Waals surface area contributed by atoms with Crippen molar-refractivity contribution in [3.63, 3.8) is 0 Å². The van der Waals surface area contributed by atoms with E-state index in [4.69, 9.17) is 9.47 Å². The Kier molecular flexibility index (Phi) is 5.93. The SMILES string of the molecule is CO[C@@H]1COC[C@@H](CNC(=O)Cn2ccnc2C(C)C)[C@@H]1O. The van der Waals surface area contributed by atoms with Crippen molar-refractivity contribution in [1.82, 2.24) is 14.9 Å². The van der Waals surface area contributed by atoms with E-state index in [1.165, 1.54) is 0 Å². The zero-order valence-corrected chi connectivity index (χ0v) is 13.4. The molecule has 1 aliphatic heterocycles. The molecule has 0 aromatic carbocycles. The number of imidazole rings is 1. The molecule has 3 atom stereocenters. The summed E-state index contributed by atoms with van der Waals surface area (Å²) in [7, 11) is 1.55. The number of amides is 1. The summed E-state index contributed by atoms with van der Waals surface area (Å²) in [5.74, 6) is 0.885. The van der Waals surface area contributed by atoms with Crippen molar-refractivity contribution in [2.45, 2.75) is 38.5 Å². The Morgan fingerprint density at radius 1 is 1.59 bits per heavy atom. The summed E-state index contributed by atoms with van der Waals surface area (Å²) in [6.07, 6.45) is 2.54. The van der Waals surface area contributed by atoms with E-state index in [0.29, 0.717) is 19.8 Å². The van der Waals surface area contributed by atoms with Gasteiger partial charge in [-0.15, -0.1) is 0 Å². The highest BCUT2D eigenvalue weighted by atomic mass is 16.5. The summed E-state index contributed by atoms with van der Waals surface area (Å²) in [5, 5.41) is 13.0. The van der Waals surface area contributed by atoms with E-state index in [1.54, 1.807) is 19.5 Å². The van der Waals surface area contributed by atoms with Gasteiger partial charge in [-0.05, 0) is 0 Å². The maximum atomic E-state index is 12.1. The van der Waals surface area contributed by atoms with Crippen LogP contribution in [0, 0.1) is 5.92 Å². The largest absolute Gasteiger partial charge is 0.390 e. The second-order valence-electron chi connectivity index (χ2n) is 5.93. The standard InChI is InChI=1S/C15H25N3O4/c1-10(2)15-16-4-5-18(15)7-13(19)17-6-11-8-22-9-12(21-3)14(11)20/h4-5,10-12,14,20H,6-9H2,1-3H3,(H,17,19)/t11-,12-,14+/m1/s1. The monoisotopic (exact) mass is 311 g/mol. The number of nitrogens with zero attached hydrogens (tertiary/aromatic N) is 2. The van der Waals surface area contributed by atoms with E-state index in [1.807, 2.05) is 18.4 Å². The van der Waals surface area contributed by atoms with Gasteiger partial charge in [0, 0.05) is 37.9 Å². The maximum absolute atomic E-state index is 12.1. The van der Waals surface area contributed by atoms with Crippen molar-refractivity contribution in [1.29, 1.82) is 0 Å². The first-order valence-corrected chi connectivity index (χ1v) is 7.59. The van der Waals surface area contributed by atoms with Crippen LogP contribution < -0.4 is 5.32 Å². The molecule has 1 aromatic rings. The summed E-state index contributed by atoms with van der Waals surface area (Å²) in [5.41, 5.74) is 0. The average Bonchev–Trinajstić information content (AvgIpc) is 2.94. The van der Waals surface area contributed by atoms with Crippen LogP contribution in [-0.2, 0) is 20.8 Å². The predicted molar refractivity (Wildman–Crippen MR) is 80.4 cm³/mol. The van der Waals surface area contributed by atoms with Crippen molar-refractivity contribution in [2.75, 3.05) is 26.9 Å². The summed E-state index contributed by atoms with van der Waals surface area (Å²) in [6, 6.07) is 0. The minimum absolute atomic E-state index is 0.105. The Morgan fingerprint density at radius 3 is 3.05 bits per heavy atom. The quantitative estimate of drug-likeness (QED) is 0.781. The first-order valence-electron chi connectivity index (χ1n) is 7.59. The van der Waals surface area contributed by atoms with Gasteiger partial charge in [0.1, 0.15) is 18.5 Å². The van der Waals surface area contributed by atoms with E-state index in [-0.39, 0.29) is 30.4 Å². The fourth-order valence-corrected chi connectivity index (χ4v) is 2.63. The summed E-state index contributed by atoms with van der Waals surface area (Å²) in [6.45, 7) is 5.48. The average molecular weight is 311 g/mol. The Bertz CT molecular complexity index is 489. The third-order valence-corrected chi connectivity index (χ3v) is 3.92. The van der Waals surface area contributed by atoms with Gasteiger partial charge in [0.05, 0.1) is 19.3 Å². The minimum atomic E-state index is -0.626. The third-order valence-electron chi connectivity index (χ3n) is 3.92. The molecule has 1 fully saturated rings. The summed E-state index contributed by atoms with van der Waals surface area (Å²) >= 11 is 0. The molecule has 7 heteroatoms. The van der Waals surface area contributed by atoms with Crippen molar-refractivity contribution in [3.8, 4) is 0 Å². The lowest BCUT2D eigenvalue weighted by Crippen LogP contribution is -2.49. The Balaban J connectivity index is 1.83. The summed E-state index contributed by atoms with van der Waals surface area (Å²) < 4.78 is 12.4. The number of nitrogens with one attached hydrogen (secondary N) is 1. The highest BCUT2D eigenvalue weighted by Crippen LogP contribution is 2.17. The van der Waals surface area contributed by atoms with Crippen LogP contribution in [0.2, 0.25) is 0 Å². The van der Waals surface area contributed by atoms with Crippen LogP contribution in [0.15, 0.2) is 12.4 Å². The molecular weight excluding hydrogens is 286 g/mol. The number of ether oxygens (including phenoxy) is 2. The molecule has 1 saturated heterocycles. The Morgan fingerprint density at radius 2 is 2.36 bits per heavy atom. The van der Waals surface area contributed by atoms with Gasteiger partial charge in [0.25, 0.3) is 0 Å². The molecule has 124 valence electrons. The number of aliphatic hydroxyl groups excluding tert-OH is 1. The van der Waals surface area contributed by atoms with Gasteiger partial charge in [0.15, 0.2) is 0 Å². The molecule has 0 radical (unpaired) electrons. The van der Waals surface area contributed by atoms with Crippen molar-refractivity contribution < 1.29 is 19.4 Å². The van der Waals surface area contributed by atoms with Gasteiger partial charge in [-0.1, -0.05) is 13.8 Å². The number of aromatic nitrogens is 2. The van der Waals surface area contributed by atoms with Crippen LogP contribution in [0.3, 0.4) is 0 Å². The van der Waals surface area contributed by atoms with Crippen LogP contribution in [0.5, 0.6) is 0 Å². The molecule has 2 rings (SSSR count). The van der Waals surface area contributed by atoms with E-state index < -0.39 is 6.10 Å². The molecule has 0 unspecified atom stereocenters. The van der Waals surface area contributed by atoms with Crippen molar-refractivity contribution >= 4 is 5.91 Å². The number of rotatable bonds is 6. The van der Waals surface area contributed by atoms with Crippen molar-refractivity contribution in [3.05, 3.63) is 18.2 Å². The molecule has 1 aliphatic rings. The van der Waals surface area contributed by atoms with Crippen LogP contribution in [0.1, 0.15) is 25.6 Å². The Labute approximate surface area is 130 Å². The van der Waals surface area contributed by atoms with Crippen molar-refractivity contribution in [2.24, 2.45) is 5.92 Å². The second-order valence-corrected chi connectivity index (χ2v) is 5.93. The fourth-order valence-electron chi connectivity index (χ4n) is 2.63. The van der Waals surface area contributed by atoms with Gasteiger partial charge in [0.2, 0.25) is 5.91 Å². The van der Waals surface area contributed by atoms with Gasteiger partial charge >= 0.3 is 0 Å². The molecule has 7 nitrogen and oxygen atoms in total. The van der Waals surface area contributed by atoms with Gasteiger partial charge in [-0.25, -0.2) is 4.98 Å². The number of carbonyl (C=O) groups excluding carboxylic acids is 1. The fraction of sp³-hybridized carbons (Fsp3) is 0.733. The highest BCUT2D eigenvalue weighted by Gasteiger charge is 2.32. The molecule has 1 amide bonds.